The first kappa shape index (κ1) is 25.0. The molecule has 9 nitrogen and oxygen atoms in total. The van der Waals surface area contributed by atoms with Crippen LogP contribution in [-0.4, -0.2) is 52.3 Å². The zero-order valence-corrected chi connectivity index (χ0v) is 21.1. The highest BCUT2D eigenvalue weighted by Gasteiger charge is 2.31. The number of methoxy groups -OCH3 is 1. The molecule has 2 amide bonds. The van der Waals surface area contributed by atoms with Gasteiger partial charge < -0.3 is 25.3 Å². The van der Waals surface area contributed by atoms with E-state index < -0.39 is 12.0 Å². The summed E-state index contributed by atoms with van der Waals surface area (Å²) in [5, 5.41) is 6.12. The van der Waals surface area contributed by atoms with Crippen molar-refractivity contribution in [3.63, 3.8) is 0 Å². The number of nitrogens with one attached hydrogen (secondary N) is 3. The molecule has 1 atom stereocenters. The van der Waals surface area contributed by atoms with Crippen molar-refractivity contribution in [2.45, 2.75) is 32.0 Å². The average molecular weight is 512 g/mol. The highest BCUT2D eigenvalue weighted by atomic mass is 16.5. The first-order chi connectivity index (χ1) is 18.5. The van der Waals surface area contributed by atoms with Gasteiger partial charge in [-0.05, 0) is 47.9 Å². The number of rotatable bonds is 8. The molecule has 0 aliphatic carbocycles. The van der Waals surface area contributed by atoms with Crippen LogP contribution in [0, 0.1) is 0 Å². The van der Waals surface area contributed by atoms with Gasteiger partial charge in [0.2, 0.25) is 5.91 Å². The van der Waals surface area contributed by atoms with Gasteiger partial charge in [0.1, 0.15) is 11.9 Å². The number of esters is 1. The Bertz CT molecular complexity index is 1430. The molecular formula is C29H29N5O4. The van der Waals surface area contributed by atoms with Crippen molar-refractivity contribution in [3.8, 4) is 0 Å². The number of H-pyrrole nitrogens is 1. The van der Waals surface area contributed by atoms with Crippen LogP contribution in [0.25, 0.3) is 11.0 Å². The lowest BCUT2D eigenvalue weighted by Crippen LogP contribution is -2.42. The largest absolute Gasteiger partial charge is 0.469 e. The summed E-state index contributed by atoms with van der Waals surface area (Å²) in [6.45, 7) is 1.05. The van der Waals surface area contributed by atoms with Crippen LogP contribution >= 0.6 is 0 Å². The van der Waals surface area contributed by atoms with Gasteiger partial charge in [-0.2, -0.15) is 0 Å². The lowest BCUT2D eigenvalue weighted by Gasteiger charge is -2.24. The summed E-state index contributed by atoms with van der Waals surface area (Å²) in [5.41, 5.74) is 4.85. The van der Waals surface area contributed by atoms with E-state index in [-0.39, 0.29) is 24.8 Å². The second kappa shape index (κ2) is 11.2. The van der Waals surface area contributed by atoms with Gasteiger partial charge in [-0.3, -0.25) is 14.4 Å². The predicted octanol–water partition coefficient (Wildman–Crippen LogP) is 3.42. The molecule has 0 bridgehead atoms. The molecular weight excluding hydrogens is 482 g/mol. The summed E-state index contributed by atoms with van der Waals surface area (Å²) in [4.78, 5) is 47.9. The van der Waals surface area contributed by atoms with E-state index in [1.165, 1.54) is 7.11 Å². The van der Waals surface area contributed by atoms with Crippen molar-refractivity contribution in [1.29, 1.82) is 0 Å². The minimum atomic E-state index is -0.757. The lowest BCUT2D eigenvalue weighted by atomic mass is 10.1. The number of para-hydroxylation sites is 2. The molecule has 4 aromatic rings. The minimum Gasteiger partial charge on any atom is -0.469 e. The van der Waals surface area contributed by atoms with Crippen LogP contribution in [0.3, 0.4) is 0 Å². The average Bonchev–Trinajstić information content (AvgIpc) is 3.32. The molecule has 0 saturated carbocycles. The second-order valence-electron chi connectivity index (χ2n) is 9.23. The van der Waals surface area contributed by atoms with Crippen molar-refractivity contribution < 1.29 is 19.1 Å². The van der Waals surface area contributed by atoms with E-state index in [2.05, 4.69) is 20.6 Å². The normalized spacial score (nSPS) is 14.9. The highest BCUT2D eigenvalue weighted by Crippen LogP contribution is 2.26. The summed E-state index contributed by atoms with van der Waals surface area (Å²) >= 11 is 0. The zero-order chi connectivity index (χ0) is 26.5. The predicted molar refractivity (Wildman–Crippen MR) is 143 cm³/mol. The number of aromatic amines is 1. The Kier molecular flexibility index (Phi) is 7.35. The molecule has 1 aliphatic heterocycles. The maximum absolute atomic E-state index is 13.4. The minimum absolute atomic E-state index is 0.0870. The Morgan fingerprint density at radius 1 is 1.08 bits per heavy atom. The van der Waals surface area contributed by atoms with Gasteiger partial charge in [0, 0.05) is 24.3 Å². The van der Waals surface area contributed by atoms with Crippen molar-refractivity contribution in [3.05, 3.63) is 95.3 Å². The quantitative estimate of drug-likeness (QED) is 0.312. The molecule has 3 aromatic carbocycles. The van der Waals surface area contributed by atoms with E-state index >= 15 is 0 Å². The summed E-state index contributed by atoms with van der Waals surface area (Å²) < 4.78 is 4.82. The fraction of sp³-hybridized carbons (Fsp3) is 0.241. The second-order valence-corrected chi connectivity index (χ2v) is 9.23. The van der Waals surface area contributed by atoms with Crippen molar-refractivity contribution in [2.24, 2.45) is 0 Å². The molecule has 0 saturated heterocycles. The van der Waals surface area contributed by atoms with Gasteiger partial charge in [0.05, 0.1) is 31.1 Å². The van der Waals surface area contributed by atoms with Gasteiger partial charge in [0.15, 0.2) is 0 Å². The Balaban J connectivity index is 1.33. The number of carbonyl (C=O) groups is 3. The van der Waals surface area contributed by atoms with Gasteiger partial charge in [-0.1, -0.05) is 42.5 Å². The number of hydrogen-bond acceptors (Lipinski definition) is 6. The zero-order valence-electron chi connectivity index (χ0n) is 21.1. The number of hydrogen-bond donors (Lipinski definition) is 3. The number of fused-ring (bicyclic) bond motifs is 2. The molecule has 0 spiro atoms. The van der Waals surface area contributed by atoms with E-state index in [1.807, 2.05) is 54.6 Å². The molecule has 0 fully saturated rings. The Morgan fingerprint density at radius 3 is 2.66 bits per heavy atom. The number of benzene rings is 3. The number of imidazole rings is 1. The van der Waals surface area contributed by atoms with Crippen LogP contribution in [0.1, 0.15) is 33.7 Å². The van der Waals surface area contributed by atoms with Crippen molar-refractivity contribution >= 4 is 34.5 Å². The maximum atomic E-state index is 13.4. The van der Waals surface area contributed by atoms with Crippen LogP contribution in [0.15, 0.2) is 72.8 Å². The van der Waals surface area contributed by atoms with Gasteiger partial charge in [-0.25, -0.2) is 4.98 Å². The molecule has 2 heterocycles. The molecule has 194 valence electrons. The van der Waals surface area contributed by atoms with E-state index in [4.69, 9.17) is 4.74 Å². The molecule has 0 radical (unpaired) electrons. The number of anilines is 1. The van der Waals surface area contributed by atoms with E-state index in [0.29, 0.717) is 36.6 Å². The van der Waals surface area contributed by atoms with E-state index in [9.17, 15) is 14.4 Å². The van der Waals surface area contributed by atoms with Crippen molar-refractivity contribution in [1.82, 2.24) is 20.2 Å². The molecule has 38 heavy (non-hydrogen) atoms. The van der Waals surface area contributed by atoms with Crippen LogP contribution in [0.5, 0.6) is 0 Å². The van der Waals surface area contributed by atoms with Crippen LogP contribution in [0.2, 0.25) is 0 Å². The standard InChI is InChI=1S/C29H29N5O4/c1-38-27(35)16-25-29(37)34(14-13-19-7-3-2-4-8-19)18-21-15-20(11-12-22(21)31-25)28(36)30-17-26-32-23-9-5-6-10-24(23)33-26/h2-12,15,25,31H,13-14,16-18H2,1H3,(H,30,36)(H,32,33). The smallest absolute Gasteiger partial charge is 0.308 e. The third kappa shape index (κ3) is 5.67. The summed E-state index contributed by atoms with van der Waals surface area (Å²) in [6.07, 6.45) is 0.584. The van der Waals surface area contributed by atoms with E-state index in [1.54, 1.807) is 23.1 Å². The summed E-state index contributed by atoms with van der Waals surface area (Å²) in [5.74, 6) is -0.229. The first-order valence-electron chi connectivity index (χ1n) is 12.5. The molecule has 3 N–H and O–H groups in total. The van der Waals surface area contributed by atoms with Gasteiger partial charge in [-0.15, -0.1) is 0 Å². The number of amides is 2. The third-order valence-corrected chi connectivity index (χ3v) is 6.63. The van der Waals surface area contributed by atoms with Gasteiger partial charge >= 0.3 is 5.97 Å². The fourth-order valence-corrected chi connectivity index (χ4v) is 4.60. The van der Waals surface area contributed by atoms with Gasteiger partial charge in [0.25, 0.3) is 5.91 Å². The molecule has 9 heteroatoms. The molecule has 5 rings (SSSR count). The molecule has 1 aromatic heterocycles. The SMILES string of the molecule is COC(=O)CC1Nc2ccc(C(=O)NCc3nc4ccccc4[nH]3)cc2CN(CCc2ccccc2)C1=O. The first-order valence-corrected chi connectivity index (χ1v) is 12.5. The Hall–Kier alpha value is -4.66. The molecule has 1 aliphatic rings. The Morgan fingerprint density at radius 2 is 1.87 bits per heavy atom. The topological polar surface area (TPSA) is 116 Å². The number of nitrogens with zero attached hydrogens (tertiary/aromatic N) is 2. The summed E-state index contributed by atoms with van der Waals surface area (Å²) in [6, 6.07) is 22.1. The molecule has 1 unspecified atom stereocenters. The third-order valence-electron chi connectivity index (χ3n) is 6.63. The lowest BCUT2D eigenvalue weighted by molar-refractivity contribution is -0.144. The van der Waals surface area contributed by atoms with Crippen LogP contribution in [0.4, 0.5) is 5.69 Å². The number of aromatic nitrogens is 2. The van der Waals surface area contributed by atoms with Crippen LogP contribution in [-0.2, 0) is 33.8 Å². The van der Waals surface area contributed by atoms with Crippen LogP contribution < -0.4 is 10.6 Å². The number of ether oxygens (including phenoxy) is 1. The highest BCUT2D eigenvalue weighted by molar-refractivity contribution is 5.96. The maximum Gasteiger partial charge on any atom is 0.308 e. The fourth-order valence-electron chi connectivity index (χ4n) is 4.60. The number of carbonyl (C=O) groups excluding carboxylic acids is 3. The summed E-state index contributed by atoms with van der Waals surface area (Å²) in [7, 11) is 1.31. The Labute approximate surface area is 220 Å². The van der Waals surface area contributed by atoms with Crippen molar-refractivity contribution in [2.75, 3.05) is 19.0 Å². The van der Waals surface area contributed by atoms with E-state index in [0.717, 1.165) is 22.2 Å². The monoisotopic (exact) mass is 511 g/mol.